The zero-order chi connectivity index (χ0) is 30.5. The summed E-state index contributed by atoms with van der Waals surface area (Å²) in [5, 5.41) is 14.7. The number of nitro benzene ring substituents is 1. The van der Waals surface area contributed by atoms with E-state index in [4.69, 9.17) is 27.9 Å². The Kier molecular flexibility index (Phi) is 10.2. The minimum Gasteiger partial charge on any atom is -0.495 e. The third-order valence-corrected chi connectivity index (χ3v) is 8.58. The first-order chi connectivity index (χ1) is 19.3. The standard InChI is InChI=1S/C27H28Cl2N4O7S/c1-17-5-11-22(14-23(17)33(36)37)41(38,39)32(24-13-21(29)10-12-25(24)40-4)16-26(34)31(18(2)27(35)30-3)15-19-6-8-20(28)9-7-19/h5-14,18H,15-16H2,1-4H3,(H,30,35). The largest absolute Gasteiger partial charge is 0.495 e. The maximum absolute atomic E-state index is 14.1. The average molecular weight is 624 g/mol. The van der Waals surface area contributed by atoms with Gasteiger partial charge in [0.15, 0.2) is 0 Å². The number of methoxy groups -OCH3 is 1. The maximum atomic E-state index is 14.1. The van der Waals surface area contributed by atoms with Crippen molar-refractivity contribution >= 4 is 56.4 Å². The Morgan fingerprint density at radius 2 is 1.68 bits per heavy atom. The van der Waals surface area contributed by atoms with Crippen molar-refractivity contribution in [2.45, 2.75) is 31.3 Å². The Hall–Kier alpha value is -3.87. The van der Waals surface area contributed by atoms with E-state index < -0.39 is 49.9 Å². The number of sulfonamides is 1. The Labute approximate surface area is 247 Å². The molecule has 0 saturated carbocycles. The molecule has 3 rings (SSSR count). The molecule has 14 heteroatoms. The Morgan fingerprint density at radius 3 is 2.27 bits per heavy atom. The van der Waals surface area contributed by atoms with Gasteiger partial charge in [0.25, 0.3) is 15.7 Å². The molecule has 0 saturated heterocycles. The molecule has 0 aromatic heterocycles. The highest BCUT2D eigenvalue weighted by molar-refractivity contribution is 7.92. The van der Waals surface area contributed by atoms with Crippen LogP contribution in [0.25, 0.3) is 0 Å². The van der Waals surface area contributed by atoms with Crippen LogP contribution in [-0.4, -0.2) is 56.8 Å². The van der Waals surface area contributed by atoms with Gasteiger partial charge in [-0.25, -0.2) is 8.42 Å². The van der Waals surface area contributed by atoms with E-state index in [-0.39, 0.29) is 28.6 Å². The van der Waals surface area contributed by atoms with Crippen LogP contribution in [0, 0.1) is 17.0 Å². The zero-order valence-electron chi connectivity index (χ0n) is 22.6. The van der Waals surface area contributed by atoms with Gasteiger partial charge in [0.05, 0.1) is 22.6 Å². The summed E-state index contributed by atoms with van der Waals surface area (Å²) in [6.07, 6.45) is 0. The van der Waals surface area contributed by atoms with E-state index in [0.717, 1.165) is 10.4 Å². The van der Waals surface area contributed by atoms with Gasteiger partial charge in [-0.05, 0) is 55.8 Å². The number of benzene rings is 3. The van der Waals surface area contributed by atoms with Crippen LogP contribution in [0.3, 0.4) is 0 Å². The van der Waals surface area contributed by atoms with E-state index >= 15 is 0 Å². The van der Waals surface area contributed by atoms with Crippen molar-refractivity contribution in [1.29, 1.82) is 0 Å². The molecule has 3 aromatic carbocycles. The molecule has 0 radical (unpaired) electrons. The lowest BCUT2D eigenvalue weighted by atomic mass is 10.1. The fourth-order valence-corrected chi connectivity index (χ4v) is 5.75. The number of hydrogen-bond acceptors (Lipinski definition) is 7. The molecule has 41 heavy (non-hydrogen) atoms. The molecule has 0 aliphatic heterocycles. The van der Waals surface area contributed by atoms with Gasteiger partial charge in [0, 0.05) is 35.3 Å². The lowest BCUT2D eigenvalue weighted by Gasteiger charge is -2.32. The number of aryl methyl sites for hydroxylation is 1. The molecular formula is C27H28Cl2N4O7S. The first-order valence-corrected chi connectivity index (χ1v) is 14.4. The second-order valence-electron chi connectivity index (χ2n) is 8.97. The van der Waals surface area contributed by atoms with E-state index in [9.17, 15) is 28.1 Å². The third-order valence-electron chi connectivity index (χ3n) is 6.33. The molecule has 0 spiro atoms. The minimum absolute atomic E-state index is 0.0405. The molecule has 0 aliphatic carbocycles. The van der Waals surface area contributed by atoms with Crippen LogP contribution in [0.15, 0.2) is 65.6 Å². The van der Waals surface area contributed by atoms with Gasteiger partial charge < -0.3 is 15.0 Å². The number of rotatable bonds is 11. The van der Waals surface area contributed by atoms with Crippen LogP contribution in [0.4, 0.5) is 11.4 Å². The molecule has 1 unspecified atom stereocenters. The molecule has 3 aromatic rings. The zero-order valence-corrected chi connectivity index (χ0v) is 25.0. The highest BCUT2D eigenvalue weighted by Gasteiger charge is 2.34. The summed E-state index contributed by atoms with van der Waals surface area (Å²) in [4.78, 5) is 38.2. The van der Waals surface area contributed by atoms with Gasteiger partial charge in [-0.3, -0.25) is 24.0 Å². The molecule has 1 N–H and O–H groups in total. The second-order valence-corrected chi connectivity index (χ2v) is 11.7. The monoisotopic (exact) mass is 622 g/mol. The fraction of sp³-hybridized carbons (Fsp3) is 0.259. The number of carbonyl (C=O) groups is 2. The van der Waals surface area contributed by atoms with Gasteiger partial charge in [0.2, 0.25) is 11.8 Å². The van der Waals surface area contributed by atoms with E-state index in [2.05, 4.69) is 5.32 Å². The van der Waals surface area contributed by atoms with E-state index in [0.29, 0.717) is 10.6 Å². The van der Waals surface area contributed by atoms with Crippen LogP contribution in [0.1, 0.15) is 18.1 Å². The van der Waals surface area contributed by atoms with Gasteiger partial charge in [-0.15, -0.1) is 0 Å². The molecule has 1 atom stereocenters. The molecule has 0 bridgehead atoms. The minimum atomic E-state index is -4.61. The van der Waals surface area contributed by atoms with Crippen LogP contribution >= 0.6 is 23.2 Å². The summed E-state index contributed by atoms with van der Waals surface area (Å²) >= 11 is 12.2. The van der Waals surface area contributed by atoms with Crippen molar-refractivity contribution in [2.24, 2.45) is 0 Å². The predicted octanol–water partition coefficient (Wildman–Crippen LogP) is 4.58. The van der Waals surface area contributed by atoms with Gasteiger partial charge in [-0.2, -0.15) is 0 Å². The molecule has 2 amide bonds. The Morgan fingerprint density at radius 1 is 1.05 bits per heavy atom. The summed E-state index contributed by atoms with van der Waals surface area (Å²) in [6.45, 7) is 2.16. The first-order valence-electron chi connectivity index (χ1n) is 12.2. The summed E-state index contributed by atoms with van der Waals surface area (Å²) in [7, 11) is -1.88. The number of nitrogens with one attached hydrogen (secondary N) is 1. The van der Waals surface area contributed by atoms with Crippen LogP contribution in [0.5, 0.6) is 5.75 Å². The van der Waals surface area contributed by atoms with Crippen molar-refractivity contribution in [1.82, 2.24) is 10.2 Å². The van der Waals surface area contributed by atoms with Crippen molar-refractivity contribution < 1.29 is 27.7 Å². The van der Waals surface area contributed by atoms with E-state index in [1.807, 2.05) is 0 Å². The SMILES string of the molecule is CNC(=O)C(C)N(Cc1ccc(Cl)cc1)C(=O)CN(c1cc(Cl)ccc1OC)S(=O)(=O)c1ccc(C)c([N+](=O)[O-])c1. The number of carbonyl (C=O) groups excluding carboxylic acids is 2. The summed E-state index contributed by atoms with van der Waals surface area (Å²) < 4.78 is 34.2. The number of ether oxygens (including phenoxy) is 1. The summed E-state index contributed by atoms with van der Waals surface area (Å²) in [5.41, 5.74) is 0.413. The molecule has 11 nitrogen and oxygen atoms in total. The van der Waals surface area contributed by atoms with Crippen LogP contribution < -0.4 is 14.4 Å². The van der Waals surface area contributed by atoms with Crippen molar-refractivity contribution in [3.8, 4) is 5.75 Å². The third kappa shape index (κ3) is 7.26. The normalized spacial score (nSPS) is 11.9. The number of nitrogens with zero attached hydrogens (tertiary/aromatic N) is 3. The Bertz CT molecular complexity index is 1570. The molecular weight excluding hydrogens is 595 g/mol. The fourth-order valence-electron chi connectivity index (χ4n) is 4.02. The lowest BCUT2D eigenvalue weighted by molar-refractivity contribution is -0.385. The summed E-state index contributed by atoms with van der Waals surface area (Å²) in [5.74, 6) is -1.13. The molecule has 0 heterocycles. The van der Waals surface area contributed by atoms with Gasteiger partial charge in [-0.1, -0.05) is 41.4 Å². The summed E-state index contributed by atoms with van der Waals surface area (Å²) in [6, 6.07) is 13.3. The quantitative estimate of drug-likeness (QED) is 0.244. The number of likely N-dealkylation sites (N-methyl/N-ethyl adjacent to an activating group) is 1. The van der Waals surface area contributed by atoms with Crippen molar-refractivity contribution in [3.05, 3.63) is 92.0 Å². The number of amides is 2. The highest BCUT2D eigenvalue weighted by Crippen LogP contribution is 2.36. The average Bonchev–Trinajstić information content (AvgIpc) is 2.94. The molecule has 218 valence electrons. The number of anilines is 1. The van der Waals surface area contributed by atoms with Crippen LogP contribution in [-0.2, 0) is 26.2 Å². The number of hydrogen-bond donors (Lipinski definition) is 1. The Balaban J connectivity index is 2.16. The second kappa shape index (κ2) is 13.2. The van der Waals surface area contributed by atoms with E-state index in [1.54, 1.807) is 24.3 Å². The first kappa shape index (κ1) is 31.7. The number of nitro groups is 1. The van der Waals surface area contributed by atoms with Gasteiger partial charge >= 0.3 is 0 Å². The van der Waals surface area contributed by atoms with Gasteiger partial charge in [0.1, 0.15) is 18.3 Å². The van der Waals surface area contributed by atoms with Crippen molar-refractivity contribution in [3.63, 3.8) is 0 Å². The highest BCUT2D eigenvalue weighted by atomic mass is 35.5. The lowest BCUT2D eigenvalue weighted by Crippen LogP contribution is -2.50. The van der Waals surface area contributed by atoms with Crippen molar-refractivity contribution in [2.75, 3.05) is 25.0 Å². The molecule has 0 aliphatic rings. The molecule has 0 fully saturated rings. The number of halogens is 2. The van der Waals surface area contributed by atoms with Crippen LogP contribution in [0.2, 0.25) is 10.0 Å². The maximum Gasteiger partial charge on any atom is 0.273 e. The topological polar surface area (TPSA) is 139 Å². The predicted molar refractivity (Wildman–Crippen MR) is 156 cm³/mol. The van der Waals surface area contributed by atoms with E-state index in [1.165, 1.54) is 63.2 Å². The smallest absolute Gasteiger partial charge is 0.273 e.